The van der Waals surface area contributed by atoms with E-state index in [4.69, 9.17) is 4.74 Å². The van der Waals surface area contributed by atoms with Gasteiger partial charge < -0.3 is 10.1 Å². The number of halogens is 2. The van der Waals surface area contributed by atoms with Gasteiger partial charge in [0.25, 0.3) is 0 Å². The summed E-state index contributed by atoms with van der Waals surface area (Å²) in [4.78, 5) is 0. The highest BCUT2D eigenvalue weighted by Crippen LogP contribution is 2.36. The summed E-state index contributed by atoms with van der Waals surface area (Å²) in [6.07, 6.45) is 3.89. The first-order chi connectivity index (χ1) is 10.2. The average Bonchev–Trinajstić information content (AvgIpc) is 3.29. The lowest BCUT2D eigenvalue weighted by atomic mass is 9.97. The van der Waals surface area contributed by atoms with Crippen LogP contribution in [0.2, 0.25) is 0 Å². The highest BCUT2D eigenvalue weighted by molar-refractivity contribution is 5.20. The summed E-state index contributed by atoms with van der Waals surface area (Å²) >= 11 is 0. The van der Waals surface area contributed by atoms with Crippen LogP contribution in [0.1, 0.15) is 38.7 Å². The third kappa shape index (κ3) is 4.75. The molecule has 1 saturated carbocycles. The zero-order chi connectivity index (χ0) is 15.2. The molecule has 21 heavy (non-hydrogen) atoms. The lowest BCUT2D eigenvalue weighted by molar-refractivity contribution is 0.0190. The average molecular weight is 297 g/mol. The Kier molecular flexibility index (Phi) is 6.12. The van der Waals surface area contributed by atoms with E-state index in [1.807, 2.05) is 6.92 Å². The number of rotatable bonds is 9. The summed E-state index contributed by atoms with van der Waals surface area (Å²) in [6.45, 7) is 5.59. The molecule has 0 aliphatic heterocycles. The molecule has 1 aromatic carbocycles. The number of nitrogens with one attached hydrogen (secondary N) is 1. The van der Waals surface area contributed by atoms with E-state index in [0.717, 1.165) is 19.0 Å². The van der Waals surface area contributed by atoms with Crippen molar-refractivity contribution in [2.45, 2.75) is 51.7 Å². The summed E-state index contributed by atoms with van der Waals surface area (Å²) < 4.78 is 33.1. The Morgan fingerprint density at radius 3 is 2.67 bits per heavy atom. The molecule has 2 nitrogen and oxygen atoms in total. The second-order valence-corrected chi connectivity index (χ2v) is 5.76. The Bertz CT molecular complexity index is 448. The van der Waals surface area contributed by atoms with Crippen LogP contribution in [0, 0.1) is 17.6 Å². The second kappa shape index (κ2) is 7.85. The lowest BCUT2D eigenvalue weighted by Crippen LogP contribution is -2.44. The van der Waals surface area contributed by atoms with Gasteiger partial charge in [-0.25, -0.2) is 8.78 Å². The monoisotopic (exact) mass is 297 g/mol. The standard InChI is InChI=1S/C17H25F2NO/c1-3-9-20-16(17(21-4-2)12-5-6-12)11-13-10-14(18)7-8-15(13)19/h7-8,10,12,16-17,20H,3-6,9,11H2,1-2H3. The molecule has 0 heterocycles. The van der Waals surface area contributed by atoms with E-state index in [1.54, 1.807) is 0 Å². The van der Waals surface area contributed by atoms with Crippen molar-refractivity contribution < 1.29 is 13.5 Å². The maximum atomic E-state index is 13.9. The molecule has 0 saturated heterocycles. The van der Waals surface area contributed by atoms with Crippen LogP contribution in [0.15, 0.2) is 18.2 Å². The van der Waals surface area contributed by atoms with Gasteiger partial charge in [-0.1, -0.05) is 6.92 Å². The molecule has 1 aliphatic carbocycles. The smallest absolute Gasteiger partial charge is 0.126 e. The fraction of sp³-hybridized carbons (Fsp3) is 0.647. The van der Waals surface area contributed by atoms with Crippen LogP contribution >= 0.6 is 0 Å². The summed E-state index contributed by atoms with van der Waals surface area (Å²) in [6, 6.07) is 3.70. The molecule has 0 radical (unpaired) electrons. The van der Waals surface area contributed by atoms with Crippen LogP contribution in [0.3, 0.4) is 0 Å². The number of ether oxygens (including phenoxy) is 1. The fourth-order valence-electron chi connectivity index (χ4n) is 2.77. The Morgan fingerprint density at radius 2 is 2.05 bits per heavy atom. The van der Waals surface area contributed by atoms with E-state index >= 15 is 0 Å². The quantitative estimate of drug-likeness (QED) is 0.750. The first kappa shape index (κ1) is 16.4. The van der Waals surface area contributed by atoms with Crippen LogP contribution in [-0.2, 0) is 11.2 Å². The predicted molar refractivity (Wildman–Crippen MR) is 80.3 cm³/mol. The van der Waals surface area contributed by atoms with Gasteiger partial charge in [0, 0.05) is 12.6 Å². The molecule has 2 unspecified atom stereocenters. The van der Waals surface area contributed by atoms with Crippen molar-refractivity contribution in [2.24, 2.45) is 5.92 Å². The van der Waals surface area contributed by atoms with E-state index < -0.39 is 0 Å². The Balaban J connectivity index is 2.12. The van der Waals surface area contributed by atoms with Crippen LogP contribution in [0.5, 0.6) is 0 Å². The molecule has 0 bridgehead atoms. The largest absolute Gasteiger partial charge is 0.377 e. The van der Waals surface area contributed by atoms with Crippen molar-refractivity contribution in [3.8, 4) is 0 Å². The fourth-order valence-corrected chi connectivity index (χ4v) is 2.77. The number of hydrogen-bond acceptors (Lipinski definition) is 2. The molecule has 0 spiro atoms. The molecule has 1 N–H and O–H groups in total. The molecule has 2 rings (SSSR count). The van der Waals surface area contributed by atoms with E-state index in [9.17, 15) is 8.78 Å². The van der Waals surface area contributed by atoms with Gasteiger partial charge >= 0.3 is 0 Å². The van der Waals surface area contributed by atoms with Crippen molar-refractivity contribution in [1.29, 1.82) is 0 Å². The van der Waals surface area contributed by atoms with Gasteiger partial charge in [0.1, 0.15) is 11.6 Å². The van der Waals surface area contributed by atoms with Gasteiger partial charge in [-0.15, -0.1) is 0 Å². The molecule has 1 aromatic rings. The molecular weight excluding hydrogens is 272 g/mol. The van der Waals surface area contributed by atoms with Crippen molar-refractivity contribution >= 4 is 0 Å². The Labute approximate surface area is 125 Å². The summed E-state index contributed by atoms with van der Waals surface area (Å²) in [5, 5.41) is 3.46. The van der Waals surface area contributed by atoms with Crippen molar-refractivity contribution in [3.05, 3.63) is 35.4 Å². The zero-order valence-corrected chi connectivity index (χ0v) is 12.9. The van der Waals surface area contributed by atoms with E-state index in [2.05, 4.69) is 12.2 Å². The molecule has 0 amide bonds. The zero-order valence-electron chi connectivity index (χ0n) is 12.9. The molecule has 1 fully saturated rings. The SMILES string of the molecule is CCCNC(Cc1cc(F)ccc1F)C(OCC)C1CC1. The van der Waals surface area contributed by atoms with Gasteiger partial charge in [-0.3, -0.25) is 0 Å². The van der Waals surface area contributed by atoms with Crippen LogP contribution in [0.25, 0.3) is 0 Å². The van der Waals surface area contributed by atoms with Gasteiger partial charge in [0.2, 0.25) is 0 Å². The lowest BCUT2D eigenvalue weighted by Gasteiger charge is -2.28. The van der Waals surface area contributed by atoms with Crippen molar-refractivity contribution in [3.63, 3.8) is 0 Å². The summed E-state index contributed by atoms with van der Waals surface area (Å²) in [5.41, 5.74) is 0.425. The van der Waals surface area contributed by atoms with Gasteiger partial charge in [-0.05, 0) is 68.8 Å². The van der Waals surface area contributed by atoms with E-state index in [-0.39, 0.29) is 23.8 Å². The highest BCUT2D eigenvalue weighted by Gasteiger charge is 2.37. The summed E-state index contributed by atoms with van der Waals surface area (Å²) in [5.74, 6) is -0.179. The first-order valence-corrected chi connectivity index (χ1v) is 7.94. The maximum Gasteiger partial charge on any atom is 0.126 e. The van der Waals surface area contributed by atoms with Gasteiger partial charge in [0.15, 0.2) is 0 Å². The number of benzene rings is 1. The van der Waals surface area contributed by atoms with Crippen LogP contribution in [0.4, 0.5) is 8.78 Å². The predicted octanol–water partition coefficient (Wildman–Crippen LogP) is 3.69. The van der Waals surface area contributed by atoms with E-state index in [0.29, 0.717) is 24.5 Å². The number of hydrogen-bond donors (Lipinski definition) is 1. The minimum atomic E-state index is -0.389. The third-order valence-corrected chi connectivity index (χ3v) is 3.95. The maximum absolute atomic E-state index is 13.9. The first-order valence-electron chi connectivity index (χ1n) is 7.94. The summed E-state index contributed by atoms with van der Waals surface area (Å²) in [7, 11) is 0. The molecule has 118 valence electrons. The second-order valence-electron chi connectivity index (χ2n) is 5.76. The van der Waals surface area contributed by atoms with Gasteiger partial charge in [-0.2, -0.15) is 0 Å². The molecule has 0 aromatic heterocycles. The normalized spacial score (nSPS) is 17.7. The minimum absolute atomic E-state index is 0.0358. The highest BCUT2D eigenvalue weighted by atomic mass is 19.1. The molecular formula is C17H25F2NO. The van der Waals surface area contributed by atoms with Gasteiger partial charge in [0.05, 0.1) is 6.10 Å². The Morgan fingerprint density at radius 1 is 1.29 bits per heavy atom. The third-order valence-electron chi connectivity index (χ3n) is 3.95. The molecule has 4 heteroatoms. The molecule has 1 aliphatic rings. The molecule has 2 atom stereocenters. The van der Waals surface area contributed by atoms with Crippen molar-refractivity contribution in [1.82, 2.24) is 5.32 Å². The Hall–Kier alpha value is -1.00. The minimum Gasteiger partial charge on any atom is -0.377 e. The topological polar surface area (TPSA) is 21.3 Å². The van der Waals surface area contributed by atoms with Crippen LogP contribution < -0.4 is 5.32 Å². The van der Waals surface area contributed by atoms with Crippen molar-refractivity contribution in [2.75, 3.05) is 13.2 Å². The van der Waals surface area contributed by atoms with Crippen LogP contribution in [-0.4, -0.2) is 25.3 Å². The van der Waals surface area contributed by atoms with E-state index in [1.165, 1.54) is 25.0 Å².